The predicted octanol–water partition coefficient (Wildman–Crippen LogP) is 5.41. The third-order valence-electron chi connectivity index (χ3n) is 4.62. The molecule has 1 aliphatic rings. The number of rotatable bonds is 2. The van der Waals surface area contributed by atoms with Gasteiger partial charge in [-0.15, -0.1) is 0 Å². The molecule has 2 heterocycles. The summed E-state index contributed by atoms with van der Waals surface area (Å²) in [5.41, 5.74) is 5.01. The standard InChI is InChI=1S/C20H16N2O2.C6H12O2/c1-13-19-16-10-9-15(8-7-14-5-3-2-4-6-14)11-17(16)20(23)21-12-18(19)24-22-13;1-5(7)8-6(2,3)4/h2-11H,12H2,1H3,(H,21,23);1-4H3/b8-7+;. The fraction of sp³-hybridized carbons (Fsp3) is 0.269. The van der Waals surface area contributed by atoms with E-state index >= 15 is 0 Å². The number of aryl methyl sites for hydroxylation is 1. The molecule has 0 aliphatic carbocycles. The monoisotopic (exact) mass is 432 g/mol. The first-order valence-electron chi connectivity index (χ1n) is 10.4. The van der Waals surface area contributed by atoms with Crippen LogP contribution in [0.25, 0.3) is 23.3 Å². The second-order valence-electron chi connectivity index (χ2n) is 8.50. The molecule has 4 rings (SSSR count). The largest absolute Gasteiger partial charge is 0.460 e. The fourth-order valence-electron chi connectivity index (χ4n) is 3.40. The summed E-state index contributed by atoms with van der Waals surface area (Å²) in [6, 6.07) is 16.0. The number of hydrogen-bond donors (Lipinski definition) is 1. The van der Waals surface area contributed by atoms with E-state index in [1.807, 2.05) is 88.4 Å². The van der Waals surface area contributed by atoms with Gasteiger partial charge in [0, 0.05) is 12.5 Å². The summed E-state index contributed by atoms with van der Waals surface area (Å²) in [6.07, 6.45) is 4.04. The number of nitrogens with one attached hydrogen (secondary N) is 1. The van der Waals surface area contributed by atoms with Crippen molar-refractivity contribution in [1.82, 2.24) is 10.5 Å². The molecule has 6 heteroatoms. The van der Waals surface area contributed by atoms with Crippen molar-refractivity contribution in [1.29, 1.82) is 0 Å². The average molecular weight is 433 g/mol. The molecule has 3 aromatic rings. The van der Waals surface area contributed by atoms with Crippen LogP contribution in [0.3, 0.4) is 0 Å². The molecule has 1 aliphatic heterocycles. The van der Waals surface area contributed by atoms with Gasteiger partial charge >= 0.3 is 5.97 Å². The number of amides is 1. The van der Waals surface area contributed by atoms with Crippen molar-refractivity contribution in [2.24, 2.45) is 0 Å². The molecule has 0 atom stereocenters. The van der Waals surface area contributed by atoms with Gasteiger partial charge in [0.25, 0.3) is 5.91 Å². The van der Waals surface area contributed by atoms with Crippen LogP contribution in [0.1, 0.15) is 60.6 Å². The van der Waals surface area contributed by atoms with Crippen molar-refractivity contribution in [2.75, 3.05) is 0 Å². The van der Waals surface area contributed by atoms with Crippen LogP contribution in [0.4, 0.5) is 0 Å². The van der Waals surface area contributed by atoms with E-state index in [0.29, 0.717) is 17.9 Å². The second kappa shape index (κ2) is 9.64. The lowest BCUT2D eigenvalue weighted by Gasteiger charge is -2.17. The molecule has 166 valence electrons. The number of fused-ring (bicyclic) bond motifs is 3. The van der Waals surface area contributed by atoms with Gasteiger partial charge < -0.3 is 14.6 Å². The number of hydrogen-bond acceptors (Lipinski definition) is 5. The molecule has 32 heavy (non-hydrogen) atoms. The van der Waals surface area contributed by atoms with E-state index in [1.54, 1.807) is 0 Å². The first-order valence-corrected chi connectivity index (χ1v) is 10.4. The molecule has 0 saturated heterocycles. The molecule has 1 amide bonds. The van der Waals surface area contributed by atoms with Crippen molar-refractivity contribution in [3.63, 3.8) is 0 Å². The highest BCUT2D eigenvalue weighted by molar-refractivity contribution is 6.03. The summed E-state index contributed by atoms with van der Waals surface area (Å²) < 4.78 is 10.1. The Kier molecular flexibility index (Phi) is 6.93. The van der Waals surface area contributed by atoms with E-state index in [1.165, 1.54) is 6.92 Å². The zero-order chi connectivity index (χ0) is 23.3. The first kappa shape index (κ1) is 23.0. The molecule has 1 aromatic heterocycles. The summed E-state index contributed by atoms with van der Waals surface area (Å²) in [5.74, 6) is 0.385. The van der Waals surface area contributed by atoms with Gasteiger partial charge in [0.05, 0.1) is 17.8 Å². The van der Waals surface area contributed by atoms with Gasteiger partial charge in [0.1, 0.15) is 5.60 Å². The van der Waals surface area contributed by atoms with Crippen LogP contribution < -0.4 is 5.32 Å². The van der Waals surface area contributed by atoms with Crippen LogP contribution in [0.15, 0.2) is 53.1 Å². The number of benzene rings is 2. The Bertz CT molecular complexity index is 1140. The van der Waals surface area contributed by atoms with Crippen molar-refractivity contribution < 1.29 is 18.8 Å². The maximum absolute atomic E-state index is 12.4. The molecule has 0 bridgehead atoms. The van der Waals surface area contributed by atoms with Crippen molar-refractivity contribution >= 4 is 24.0 Å². The van der Waals surface area contributed by atoms with Crippen LogP contribution >= 0.6 is 0 Å². The predicted molar refractivity (Wildman–Crippen MR) is 125 cm³/mol. The molecule has 0 unspecified atom stereocenters. The average Bonchev–Trinajstić information content (AvgIpc) is 3.03. The summed E-state index contributed by atoms with van der Waals surface area (Å²) in [7, 11) is 0. The van der Waals surface area contributed by atoms with E-state index in [2.05, 4.69) is 10.5 Å². The maximum atomic E-state index is 12.4. The number of carbonyl (C=O) groups excluding carboxylic acids is 2. The van der Waals surface area contributed by atoms with Crippen molar-refractivity contribution in [2.45, 2.75) is 46.8 Å². The molecular weight excluding hydrogens is 404 g/mol. The van der Waals surface area contributed by atoms with Crippen molar-refractivity contribution in [3.05, 3.63) is 76.7 Å². The van der Waals surface area contributed by atoms with E-state index in [0.717, 1.165) is 27.9 Å². The highest BCUT2D eigenvalue weighted by Gasteiger charge is 2.25. The Balaban J connectivity index is 0.000000312. The summed E-state index contributed by atoms with van der Waals surface area (Å²) in [4.78, 5) is 22.6. The molecule has 0 spiro atoms. The molecule has 2 aromatic carbocycles. The number of ether oxygens (including phenoxy) is 1. The van der Waals surface area contributed by atoms with Gasteiger partial charge in [0.15, 0.2) is 5.76 Å². The van der Waals surface area contributed by atoms with Gasteiger partial charge in [-0.3, -0.25) is 9.59 Å². The molecule has 0 saturated carbocycles. The highest BCUT2D eigenvalue weighted by atomic mass is 16.6. The zero-order valence-corrected chi connectivity index (χ0v) is 19.1. The zero-order valence-electron chi connectivity index (χ0n) is 19.1. The van der Waals surface area contributed by atoms with Gasteiger partial charge in [-0.05, 0) is 50.5 Å². The van der Waals surface area contributed by atoms with Crippen molar-refractivity contribution in [3.8, 4) is 11.1 Å². The van der Waals surface area contributed by atoms with E-state index < -0.39 is 0 Å². The smallest absolute Gasteiger partial charge is 0.303 e. The molecule has 1 N–H and O–H groups in total. The SMILES string of the molecule is CC(=O)OC(C)(C)C.Cc1noc2c1-c1ccc(/C=C/c3ccccc3)cc1C(=O)NC2. The lowest BCUT2D eigenvalue weighted by molar-refractivity contribution is -0.151. The van der Waals surface area contributed by atoms with Gasteiger partial charge in [-0.1, -0.05) is 59.8 Å². The molecular formula is C26H28N2O4. The molecule has 0 fully saturated rings. The second-order valence-corrected chi connectivity index (χ2v) is 8.50. The van der Waals surface area contributed by atoms with Crippen LogP contribution in [-0.4, -0.2) is 22.6 Å². The van der Waals surface area contributed by atoms with E-state index in [-0.39, 0.29) is 17.5 Å². The number of aromatic nitrogens is 1. The van der Waals surface area contributed by atoms with Crippen LogP contribution in [0.2, 0.25) is 0 Å². The van der Waals surface area contributed by atoms with Gasteiger partial charge in [0.2, 0.25) is 0 Å². The summed E-state index contributed by atoms with van der Waals surface area (Å²) >= 11 is 0. The lowest BCUT2D eigenvalue weighted by atomic mass is 9.96. The maximum Gasteiger partial charge on any atom is 0.303 e. The topological polar surface area (TPSA) is 81.4 Å². The minimum absolute atomic E-state index is 0.0919. The molecule has 0 radical (unpaired) electrons. The Morgan fingerprint density at radius 2 is 1.75 bits per heavy atom. The van der Waals surface area contributed by atoms with Gasteiger partial charge in [-0.2, -0.15) is 0 Å². The quantitative estimate of drug-likeness (QED) is 0.432. The Labute approximate surface area is 188 Å². The first-order chi connectivity index (χ1) is 15.1. The van der Waals surface area contributed by atoms with Crippen LogP contribution in [0, 0.1) is 6.92 Å². The third-order valence-corrected chi connectivity index (χ3v) is 4.62. The number of nitrogens with zero attached hydrogens (tertiary/aromatic N) is 1. The highest BCUT2D eigenvalue weighted by Crippen LogP contribution is 2.33. The van der Waals surface area contributed by atoms with E-state index in [4.69, 9.17) is 9.26 Å². The minimum atomic E-state index is -0.328. The summed E-state index contributed by atoms with van der Waals surface area (Å²) in [5, 5.41) is 6.90. The summed E-state index contributed by atoms with van der Waals surface area (Å²) in [6.45, 7) is 9.19. The Morgan fingerprint density at radius 3 is 2.38 bits per heavy atom. The van der Waals surface area contributed by atoms with Gasteiger partial charge in [-0.25, -0.2) is 0 Å². The lowest BCUT2D eigenvalue weighted by Crippen LogP contribution is -2.21. The minimum Gasteiger partial charge on any atom is -0.460 e. The third kappa shape index (κ3) is 5.94. The van der Waals surface area contributed by atoms with Crippen LogP contribution in [-0.2, 0) is 16.1 Å². The number of carbonyl (C=O) groups is 2. The normalized spacial score (nSPS) is 12.7. The van der Waals surface area contributed by atoms with Crippen LogP contribution in [0.5, 0.6) is 0 Å². The van der Waals surface area contributed by atoms with E-state index in [9.17, 15) is 9.59 Å². The molecule has 6 nitrogen and oxygen atoms in total. The fourth-order valence-corrected chi connectivity index (χ4v) is 3.40. The Hall–Kier alpha value is -3.67. The number of esters is 1. The Morgan fingerprint density at radius 1 is 1.06 bits per heavy atom.